The van der Waals surface area contributed by atoms with Gasteiger partial charge in [-0.2, -0.15) is 4.37 Å². The van der Waals surface area contributed by atoms with Crippen LogP contribution in [-0.2, 0) is 0 Å². The van der Waals surface area contributed by atoms with Crippen LogP contribution in [0.2, 0.25) is 0 Å². The molecule has 1 heterocycles. The average Bonchev–Trinajstić information content (AvgIpc) is 2.51. The average molecular weight is 211 g/mol. The second-order valence-corrected chi connectivity index (χ2v) is 5.01. The number of nitrogens with zero attached hydrogens (tertiary/aromatic N) is 2. The highest BCUT2D eigenvalue weighted by molar-refractivity contribution is 7.09. The molecule has 0 saturated heterocycles. The minimum absolute atomic E-state index is 0.617. The Morgan fingerprint density at radius 3 is 2.93 bits per heavy atom. The molecule has 0 spiro atoms. The van der Waals surface area contributed by atoms with Crippen molar-refractivity contribution >= 4 is 16.7 Å². The molecule has 1 aromatic heterocycles. The summed E-state index contributed by atoms with van der Waals surface area (Å²) < 4.78 is 4.17. The monoisotopic (exact) mass is 211 g/mol. The quantitative estimate of drug-likeness (QED) is 0.817. The van der Waals surface area contributed by atoms with Crippen LogP contribution in [0.4, 0.5) is 5.13 Å². The van der Waals surface area contributed by atoms with E-state index < -0.39 is 0 Å². The van der Waals surface area contributed by atoms with E-state index in [9.17, 15) is 0 Å². The van der Waals surface area contributed by atoms with E-state index in [1.54, 1.807) is 0 Å². The van der Waals surface area contributed by atoms with E-state index in [0.717, 1.165) is 16.9 Å². The molecule has 3 nitrogen and oxygen atoms in total. The van der Waals surface area contributed by atoms with Gasteiger partial charge in [-0.3, -0.25) is 0 Å². The third-order valence-corrected chi connectivity index (χ3v) is 3.53. The van der Waals surface area contributed by atoms with E-state index in [2.05, 4.69) is 21.6 Å². The molecule has 0 amide bonds. The number of hydrogen-bond donors (Lipinski definition) is 1. The molecule has 1 fully saturated rings. The maximum absolute atomic E-state index is 4.33. The first-order valence-electron chi connectivity index (χ1n) is 5.31. The van der Waals surface area contributed by atoms with Gasteiger partial charge < -0.3 is 5.32 Å². The van der Waals surface area contributed by atoms with Crippen LogP contribution in [0, 0.1) is 12.8 Å². The fraction of sp³-hybridized carbons (Fsp3) is 0.800. The molecule has 0 bridgehead atoms. The van der Waals surface area contributed by atoms with Crippen LogP contribution in [-0.4, -0.2) is 15.4 Å². The van der Waals surface area contributed by atoms with E-state index in [4.69, 9.17) is 0 Å². The van der Waals surface area contributed by atoms with Gasteiger partial charge in [0.15, 0.2) is 0 Å². The lowest BCUT2D eigenvalue weighted by atomic mass is 9.87. The lowest BCUT2D eigenvalue weighted by molar-refractivity contribution is 0.358. The van der Waals surface area contributed by atoms with Crippen molar-refractivity contribution in [2.24, 2.45) is 5.92 Å². The molecule has 0 aliphatic heterocycles. The molecular formula is C10H17N3S. The molecule has 1 N–H and O–H groups in total. The first-order chi connectivity index (χ1) is 6.74. The highest BCUT2D eigenvalue weighted by Crippen LogP contribution is 2.26. The van der Waals surface area contributed by atoms with Crippen molar-refractivity contribution in [3.63, 3.8) is 0 Å². The molecule has 14 heavy (non-hydrogen) atoms. The minimum Gasteiger partial charge on any atom is -0.358 e. The predicted molar refractivity (Wildman–Crippen MR) is 59.7 cm³/mol. The van der Waals surface area contributed by atoms with Gasteiger partial charge >= 0.3 is 0 Å². The zero-order valence-electron chi connectivity index (χ0n) is 8.79. The Morgan fingerprint density at radius 1 is 1.43 bits per heavy atom. The minimum atomic E-state index is 0.617. The van der Waals surface area contributed by atoms with E-state index >= 15 is 0 Å². The van der Waals surface area contributed by atoms with Crippen LogP contribution < -0.4 is 5.32 Å². The number of nitrogens with one attached hydrogen (secondary N) is 1. The topological polar surface area (TPSA) is 37.8 Å². The van der Waals surface area contributed by atoms with Gasteiger partial charge in [0.1, 0.15) is 5.82 Å². The van der Waals surface area contributed by atoms with Gasteiger partial charge in [0.05, 0.1) is 0 Å². The molecule has 2 rings (SSSR count). The van der Waals surface area contributed by atoms with Crippen molar-refractivity contribution in [1.29, 1.82) is 0 Å². The smallest absolute Gasteiger partial charge is 0.202 e. The number of aryl methyl sites for hydroxylation is 1. The molecule has 0 radical (unpaired) electrons. The van der Waals surface area contributed by atoms with Gasteiger partial charge in [-0.15, -0.1) is 0 Å². The Hall–Kier alpha value is -0.640. The molecule has 2 atom stereocenters. The molecule has 4 heteroatoms. The second-order valence-electron chi connectivity index (χ2n) is 4.26. The maximum Gasteiger partial charge on any atom is 0.202 e. The zero-order chi connectivity index (χ0) is 9.97. The molecule has 1 saturated carbocycles. The fourth-order valence-corrected chi connectivity index (χ4v) is 2.75. The van der Waals surface area contributed by atoms with Gasteiger partial charge in [-0.05, 0) is 25.7 Å². The lowest BCUT2D eigenvalue weighted by Gasteiger charge is -2.26. The van der Waals surface area contributed by atoms with Crippen molar-refractivity contribution in [1.82, 2.24) is 9.36 Å². The number of rotatable bonds is 2. The van der Waals surface area contributed by atoms with Gasteiger partial charge in [0.2, 0.25) is 5.13 Å². The summed E-state index contributed by atoms with van der Waals surface area (Å²) >= 11 is 1.47. The van der Waals surface area contributed by atoms with Crippen molar-refractivity contribution in [3.8, 4) is 0 Å². The Morgan fingerprint density at radius 2 is 2.29 bits per heavy atom. The predicted octanol–water partition coefficient (Wildman–Crippen LogP) is 2.84. The van der Waals surface area contributed by atoms with E-state index in [1.807, 2.05) is 6.92 Å². The molecule has 1 aliphatic carbocycles. The highest BCUT2D eigenvalue weighted by atomic mass is 32.1. The SMILES string of the molecule is Cc1nsc(NC2CCCC(C)C2)n1. The van der Waals surface area contributed by atoms with E-state index in [1.165, 1.54) is 37.2 Å². The second kappa shape index (κ2) is 4.26. The van der Waals surface area contributed by atoms with E-state index in [0.29, 0.717) is 6.04 Å². The largest absolute Gasteiger partial charge is 0.358 e. The molecular weight excluding hydrogens is 194 g/mol. The van der Waals surface area contributed by atoms with Crippen molar-refractivity contribution in [3.05, 3.63) is 5.82 Å². The van der Waals surface area contributed by atoms with Crippen LogP contribution in [0.15, 0.2) is 0 Å². The summed E-state index contributed by atoms with van der Waals surface area (Å²) in [5.41, 5.74) is 0. The summed E-state index contributed by atoms with van der Waals surface area (Å²) in [6.45, 7) is 4.27. The Kier molecular flexibility index (Phi) is 3.01. The van der Waals surface area contributed by atoms with Crippen LogP contribution >= 0.6 is 11.5 Å². The summed E-state index contributed by atoms with van der Waals surface area (Å²) in [6.07, 6.45) is 5.28. The highest BCUT2D eigenvalue weighted by Gasteiger charge is 2.19. The van der Waals surface area contributed by atoms with Crippen LogP contribution in [0.25, 0.3) is 0 Å². The van der Waals surface area contributed by atoms with E-state index in [-0.39, 0.29) is 0 Å². The van der Waals surface area contributed by atoms with Crippen LogP contribution in [0.1, 0.15) is 38.4 Å². The summed E-state index contributed by atoms with van der Waals surface area (Å²) in [4.78, 5) is 4.33. The number of anilines is 1. The molecule has 1 aliphatic rings. The molecule has 78 valence electrons. The summed E-state index contributed by atoms with van der Waals surface area (Å²) in [6, 6.07) is 0.617. The molecule has 2 unspecified atom stereocenters. The van der Waals surface area contributed by atoms with Gasteiger partial charge in [-0.25, -0.2) is 4.98 Å². The van der Waals surface area contributed by atoms with Crippen LogP contribution in [0.3, 0.4) is 0 Å². The summed E-state index contributed by atoms with van der Waals surface area (Å²) in [7, 11) is 0. The van der Waals surface area contributed by atoms with Crippen molar-refractivity contribution in [2.75, 3.05) is 5.32 Å². The maximum atomic E-state index is 4.33. The zero-order valence-corrected chi connectivity index (χ0v) is 9.60. The third kappa shape index (κ3) is 2.44. The lowest BCUT2D eigenvalue weighted by Crippen LogP contribution is -2.26. The van der Waals surface area contributed by atoms with Gasteiger partial charge in [0.25, 0.3) is 0 Å². The fourth-order valence-electron chi connectivity index (χ4n) is 2.10. The normalized spacial score (nSPS) is 27.6. The Balaban J connectivity index is 1.90. The Bertz CT molecular complexity index is 297. The Labute approximate surface area is 89.1 Å². The standard InChI is InChI=1S/C10H17N3S/c1-7-4-3-5-9(6-7)12-10-11-8(2)13-14-10/h7,9H,3-6H2,1-2H3,(H,11,12,13). The number of aromatic nitrogens is 2. The van der Waals surface area contributed by atoms with Gasteiger partial charge in [-0.1, -0.05) is 19.8 Å². The summed E-state index contributed by atoms with van der Waals surface area (Å²) in [5.74, 6) is 1.73. The van der Waals surface area contributed by atoms with Crippen molar-refractivity contribution in [2.45, 2.75) is 45.6 Å². The number of hydrogen-bond acceptors (Lipinski definition) is 4. The first kappa shape index (κ1) is 9.90. The van der Waals surface area contributed by atoms with Gasteiger partial charge in [0, 0.05) is 17.6 Å². The molecule has 1 aromatic rings. The van der Waals surface area contributed by atoms with Crippen molar-refractivity contribution < 1.29 is 0 Å². The first-order valence-corrected chi connectivity index (χ1v) is 6.08. The molecule has 0 aromatic carbocycles. The van der Waals surface area contributed by atoms with Crippen LogP contribution in [0.5, 0.6) is 0 Å². The summed E-state index contributed by atoms with van der Waals surface area (Å²) in [5, 5.41) is 4.46. The third-order valence-electron chi connectivity index (χ3n) is 2.79.